The lowest BCUT2D eigenvalue weighted by Gasteiger charge is -2.13. The molecule has 0 aliphatic heterocycles. The minimum absolute atomic E-state index is 0.255. The molecule has 1 unspecified atom stereocenters. The van der Waals surface area contributed by atoms with Crippen molar-refractivity contribution < 1.29 is 8.42 Å². The van der Waals surface area contributed by atoms with Crippen LogP contribution in [0.5, 0.6) is 0 Å². The van der Waals surface area contributed by atoms with Crippen LogP contribution in [0.4, 0.5) is 0 Å². The summed E-state index contributed by atoms with van der Waals surface area (Å²) in [5.41, 5.74) is 2.17. The zero-order valence-corrected chi connectivity index (χ0v) is 11.0. The zero-order valence-electron chi connectivity index (χ0n) is 9.40. The fourth-order valence-corrected chi connectivity index (χ4v) is 2.34. The fourth-order valence-electron chi connectivity index (χ4n) is 1.41. The molecule has 1 rings (SSSR count). The molecule has 90 valence electrons. The van der Waals surface area contributed by atoms with Gasteiger partial charge in [0.25, 0.3) is 0 Å². The van der Waals surface area contributed by atoms with Crippen molar-refractivity contribution in [3.63, 3.8) is 0 Å². The van der Waals surface area contributed by atoms with Crippen LogP contribution < -0.4 is 4.72 Å². The monoisotopic (exact) mass is 261 g/mol. The van der Waals surface area contributed by atoms with Crippen LogP contribution in [0.1, 0.15) is 31.0 Å². The SMILES string of the molecule is CCc1ccc(C(C)NS(=O)(=O)CCl)cc1. The molecule has 0 heterocycles. The molecule has 16 heavy (non-hydrogen) atoms. The summed E-state index contributed by atoms with van der Waals surface area (Å²) in [7, 11) is -3.37. The van der Waals surface area contributed by atoms with Crippen LogP contribution in [0.15, 0.2) is 24.3 Å². The van der Waals surface area contributed by atoms with E-state index in [9.17, 15) is 8.42 Å². The van der Waals surface area contributed by atoms with Gasteiger partial charge in [-0.05, 0) is 24.5 Å². The number of hydrogen-bond donors (Lipinski definition) is 1. The predicted molar refractivity (Wildman–Crippen MR) is 67.0 cm³/mol. The van der Waals surface area contributed by atoms with Crippen molar-refractivity contribution in [2.75, 3.05) is 5.21 Å². The first-order valence-corrected chi connectivity index (χ1v) is 7.32. The zero-order chi connectivity index (χ0) is 12.2. The molecule has 0 spiro atoms. The van der Waals surface area contributed by atoms with Crippen LogP contribution in [0.2, 0.25) is 0 Å². The number of hydrogen-bond acceptors (Lipinski definition) is 2. The summed E-state index contributed by atoms with van der Waals surface area (Å²) in [4.78, 5) is 0. The lowest BCUT2D eigenvalue weighted by molar-refractivity contribution is 0.571. The predicted octanol–water partition coefficient (Wildman–Crippen LogP) is 2.43. The summed E-state index contributed by atoms with van der Waals surface area (Å²) < 4.78 is 25.0. The Kier molecular flexibility index (Phi) is 4.77. The molecule has 0 aromatic heterocycles. The Balaban J connectivity index is 2.77. The molecule has 1 aromatic rings. The molecule has 0 amide bonds. The topological polar surface area (TPSA) is 46.2 Å². The summed E-state index contributed by atoms with van der Waals surface area (Å²) in [6.07, 6.45) is 0.974. The number of sulfonamides is 1. The lowest BCUT2D eigenvalue weighted by atomic mass is 10.1. The number of halogens is 1. The van der Waals surface area contributed by atoms with Crippen molar-refractivity contribution in [2.24, 2.45) is 0 Å². The Morgan fingerprint density at radius 1 is 1.31 bits per heavy atom. The molecule has 0 bridgehead atoms. The van der Waals surface area contributed by atoms with Gasteiger partial charge in [-0.15, -0.1) is 11.6 Å². The van der Waals surface area contributed by atoms with E-state index in [2.05, 4.69) is 11.6 Å². The number of alkyl halides is 1. The minimum Gasteiger partial charge on any atom is -0.211 e. The van der Waals surface area contributed by atoms with E-state index >= 15 is 0 Å². The van der Waals surface area contributed by atoms with Crippen LogP contribution in [-0.4, -0.2) is 13.6 Å². The van der Waals surface area contributed by atoms with E-state index in [1.54, 1.807) is 6.92 Å². The molecule has 0 radical (unpaired) electrons. The van der Waals surface area contributed by atoms with Crippen molar-refractivity contribution in [1.82, 2.24) is 4.72 Å². The number of nitrogens with one attached hydrogen (secondary N) is 1. The van der Waals surface area contributed by atoms with Gasteiger partial charge in [0.05, 0.1) is 0 Å². The molecular formula is C11H16ClNO2S. The average Bonchev–Trinajstić information content (AvgIpc) is 2.28. The van der Waals surface area contributed by atoms with Gasteiger partial charge in [0, 0.05) is 6.04 Å². The first kappa shape index (κ1) is 13.5. The molecule has 0 aliphatic carbocycles. The van der Waals surface area contributed by atoms with Crippen LogP contribution in [0, 0.1) is 0 Å². The summed E-state index contributed by atoms with van der Waals surface area (Å²) in [5.74, 6) is 0. The Hall–Kier alpha value is -0.580. The summed E-state index contributed by atoms with van der Waals surface area (Å²) in [5, 5.41) is -0.412. The number of aryl methyl sites for hydroxylation is 1. The summed E-state index contributed by atoms with van der Waals surface area (Å²) in [6.45, 7) is 3.87. The van der Waals surface area contributed by atoms with Gasteiger partial charge in [0.15, 0.2) is 0 Å². The molecule has 1 aromatic carbocycles. The largest absolute Gasteiger partial charge is 0.226 e. The van der Waals surface area contributed by atoms with Crippen molar-refractivity contribution >= 4 is 21.6 Å². The molecule has 0 saturated carbocycles. The first-order valence-electron chi connectivity index (χ1n) is 5.13. The molecular weight excluding hydrogens is 246 g/mol. The second kappa shape index (κ2) is 5.66. The minimum atomic E-state index is -3.37. The van der Waals surface area contributed by atoms with Gasteiger partial charge >= 0.3 is 0 Å². The maximum atomic E-state index is 11.3. The van der Waals surface area contributed by atoms with E-state index in [4.69, 9.17) is 11.6 Å². The Labute approximate surface area is 102 Å². The average molecular weight is 262 g/mol. The van der Waals surface area contributed by atoms with Gasteiger partial charge in [-0.3, -0.25) is 0 Å². The number of rotatable bonds is 5. The Morgan fingerprint density at radius 3 is 2.31 bits per heavy atom. The van der Waals surface area contributed by atoms with Crippen molar-refractivity contribution in [2.45, 2.75) is 26.3 Å². The van der Waals surface area contributed by atoms with Gasteiger partial charge < -0.3 is 0 Å². The summed E-state index contributed by atoms with van der Waals surface area (Å²) in [6, 6.07) is 7.61. The van der Waals surface area contributed by atoms with Gasteiger partial charge in [-0.1, -0.05) is 31.2 Å². The van der Waals surface area contributed by atoms with Crippen molar-refractivity contribution in [1.29, 1.82) is 0 Å². The van der Waals surface area contributed by atoms with Gasteiger partial charge in [-0.2, -0.15) is 0 Å². The van der Waals surface area contributed by atoms with E-state index in [-0.39, 0.29) is 6.04 Å². The molecule has 5 heteroatoms. The maximum Gasteiger partial charge on any atom is 0.226 e. The normalized spacial score (nSPS) is 13.7. The highest BCUT2D eigenvalue weighted by atomic mass is 35.5. The smallest absolute Gasteiger partial charge is 0.211 e. The lowest BCUT2D eigenvalue weighted by Crippen LogP contribution is -2.27. The standard InChI is InChI=1S/C11H16ClNO2S/c1-3-10-4-6-11(7-5-10)9(2)13-16(14,15)8-12/h4-7,9,13H,3,8H2,1-2H3. The molecule has 0 aliphatic rings. The molecule has 1 N–H and O–H groups in total. The third kappa shape index (κ3) is 3.77. The van der Waals surface area contributed by atoms with E-state index in [0.717, 1.165) is 12.0 Å². The molecule has 0 fully saturated rings. The van der Waals surface area contributed by atoms with Crippen molar-refractivity contribution in [3.05, 3.63) is 35.4 Å². The Morgan fingerprint density at radius 2 is 1.88 bits per heavy atom. The van der Waals surface area contributed by atoms with Crippen molar-refractivity contribution in [3.8, 4) is 0 Å². The van der Waals surface area contributed by atoms with E-state index in [1.165, 1.54) is 5.56 Å². The number of benzene rings is 1. The van der Waals surface area contributed by atoms with Crippen LogP contribution in [-0.2, 0) is 16.4 Å². The highest BCUT2D eigenvalue weighted by Gasteiger charge is 2.13. The molecule has 0 saturated heterocycles. The molecule has 1 atom stereocenters. The molecule has 3 nitrogen and oxygen atoms in total. The van der Waals surface area contributed by atoms with Gasteiger partial charge in [0.1, 0.15) is 5.21 Å². The third-order valence-electron chi connectivity index (χ3n) is 2.39. The van der Waals surface area contributed by atoms with E-state index < -0.39 is 15.2 Å². The first-order chi connectivity index (χ1) is 7.48. The summed E-state index contributed by atoms with van der Waals surface area (Å²) >= 11 is 5.32. The van der Waals surface area contributed by atoms with Crippen LogP contribution in [0.25, 0.3) is 0 Å². The van der Waals surface area contributed by atoms with Crippen LogP contribution in [0.3, 0.4) is 0 Å². The van der Waals surface area contributed by atoms with E-state index in [1.807, 2.05) is 24.3 Å². The quantitative estimate of drug-likeness (QED) is 0.828. The second-order valence-corrected chi connectivity index (χ2v) is 6.00. The fraction of sp³-hybridized carbons (Fsp3) is 0.455. The van der Waals surface area contributed by atoms with E-state index in [0.29, 0.717) is 0 Å². The highest BCUT2D eigenvalue weighted by molar-refractivity contribution is 7.90. The Bertz CT molecular complexity index is 428. The van der Waals surface area contributed by atoms with Gasteiger partial charge in [-0.25, -0.2) is 13.1 Å². The van der Waals surface area contributed by atoms with Crippen LogP contribution >= 0.6 is 11.6 Å². The highest BCUT2D eigenvalue weighted by Crippen LogP contribution is 2.14. The third-order valence-corrected chi connectivity index (χ3v) is 4.25. The second-order valence-electron chi connectivity index (χ2n) is 3.66. The van der Waals surface area contributed by atoms with Gasteiger partial charge in [0.2, 0.25) is 10.0 Å². The maximum absolute atomic E-state index is 11.3.